The molecular weight excluding hydrogens is 472 g/mol. The fourth-order valence-corrected chi connectivity index (χ4v) is 4.23. The molecule has 37 heavy (non-hydrogen) atoms. The Labute approximate surface area is 213 Å². The maximum atomic E-state index is 12.2. The minimum Gasteiger partial charge on any atom is -0.507 e. The van der Waals surface area contributed by atoms with E-state index in [9.17, 15) is 15.2 Å². The van der Waals surface area contributed by atoms with Crippen LogP contribution in [0.25, 0.3) is 22.4 Å². The molecule has 2 aromatic heterocycles. The van der Waals surface area contributed by atoms with Gasteiger partial charge in [-0.3, -0.25) is 9.78 Å². The smallest absolute Gasteiger partial charge is 0.253 e. The molecule has 0 atom stereocenters. The Morgan fingerprint density at radius 2 is 1.97 bits per heavy atom. The maximum absolute atomic E-state index is 12.2. The van der Waals surface area contributed by atoms with E-state index in [0.29, 0.717) is 63.9 Å². The van der Waals surface area contributed by atoms with Gasteiger partial charge in [0.1, 0.15) is 34.9 Å². The van der Waals surface area contributed by atoms with Crippen LogP contribution in [-0.4, -0.2) is 54.3 Å². The zero-order valence-corrected chi connectivity index (χ0v) is 20.5. The third-order valence-corrected chi connectivity index (χ3v) is 6.17. The number of nitriles is 1. The number of rotatable bonds is 6. The first-order valence-electron chi connectivity index (χ1n) is 11.9. The Kier molecular flexibility index (Phi) is 6.66. The Morgan fingerprint density at radius 3 is 2.70 bits per heavy atom. The minimum absolute atomic E-state index is 0.0347. The van der Waals surface area contributed by atoms with Crippen molar-refractivity contribution in [1.29, 1.82) is 5.26 Å². The third-order valence-electron chi connectivity index (χ3n) is 6.17. The van der Waals surface area contributed by atoms with E-state index < -0.39 is 0 Å². The average Bonchev–Trinajstić information content (AvgIpc) is 3.34. The van der Waals surface area contributed by atoms with E-state index in [0.717, 1.165) is 12.8 Å². The second-order valence-electron chi connectivity index (χ2n) is 8.99. The Hall–Kier alpha value is -4.55. The molecular formula is C28H26N4O5. The van der Waals surface area contributed by atoms with Gasteiger partial charge in [0.25, 0.3) is 5.91 Å². The van der Waals surface area contributed by atoms with Crippen LogP contribution < -0.4 is 10.1 Å². The molecule has 9 nitrogen and oxygen atoms in total. The summed E-state index contributed by atoms with van der Waals surface area (Å²) in [5.41, 5.74) is 3.67. The largest absolute Gasteiger partial charge is 0.507 e. The van der Waals surface area contributed by atoms with Crippen LogP contribution in [-0.2, 0) is 4.74 Å². The molecule has 5 rings (SSSR count). The number of pyridine rings is 1. The number of nitrogens with one attached hydrogen (secondary N) is 1. The summed E-state index contributed by atoms with van der Waals surface area (Å²) in [4.78, 5) is 18.0. The van der Waals surface area contributed by atoms with Crippen molar-refractivity contribution in [3.8, 4) is 28.9 Å². The van der Waals surface area contributed by atoms with Crippen molar-refractivity contribution in [1.82, 2.24) is 9.88 Å². The highest BCUT2D eigenvalue weighted by molar-refractivity contribution is 5.96. The van der Waals surface area contributed by atoms with Gasteiger partial charge >= 0.3 is 0 Å². The van der Waals surface area contributed by atoms with Gasteiger partial charge < -0.3 is 29.2 Å². The Bertz CT molecular complexity index is 1500. The summed E-state index contributed by atoms with van der Waals surface area (Å²) in [5, 5.41) is 23.6. The number of ether oxygens (including phenoxy) is 2. The van der Waals surface area contributed by atoms with Crippen LogP contribution in [0.4, 0.5) is 11.4 Å². The van der Waals surface area contributed by atoms with E-state index in [4.69, 9.17) is 13.9 Å². The van der Waals surface area contributed by atoms with Gasteiger partial charge in [0.2, 0.25) is 0 Å². The van der Waals surface area contributed by atoms with Gasteiger partial charge in [0.15, 0.2) is 5.58 Å². The summed E-state index contributed by atoms with van der Waals surface area (Å²) in [7, 11) is 3.30. The highest BCUT2D eigenvalue weighted by Gasteiger charge is 2.19. The van der Waals surface area contributed by atoms with Crippen LogP contribution in [0.3, 0.4) is 0 Å². The SMILES string of the molecule is CN(C)C(=O)c1ccc(-c2cc3nccc(Nc4ccc(OC5CCOCC5)c(C#N)c4)c3o2)c(O)c1. The summed E-state index contributed by atoms with van der Waals surface area (Å²) in [6.45, 7) is 1.32. The second-order valence-corrected chi connectivity index (χ2v) is 8.99. The molecule has 1 aliphatic heterocycles. The first kappa shape index (κ1) is 24.2. The van der Waals surface area contributed by atoms with Gasteiger partial charge in [0, 0.05) is 50.5 Å². The summed E-state index contributed by atoms with van der Waals surface area (Å²) < 4.78 is 17.5. The second kappa shape index (κ2) is 10.2. The number of amides is 1. The molecule has 3 heterocycles. The van der Waals surface area contributed by atoms with E-state index in [1.807, 2.05) is 6.07 Å². The standard InChI is InChI=1S/C28H26N4O5/c1-32(2)28(34)17-3-5-21(24(33)14-17)26-15-23-27(37-26)22(7-10-30-23)31-19-4-6-25(18(13-19)16-29)36-20-8-11-35-12-9-20/h3-7,10,13-15,20,33H,8-9,11-12H2,1-2H3,(H,30,31). The fraction of sp³-hybridized carbons (Fsp3) is 0.250. The van der Waals surface area contributed by atoms with Gasteiger partial charge in [-0.2, -0.15) is 5.26 Å². The predicted octanol–water partition coefficient (Wildman–Crippen LogP) is 5.08. The monoisotopic (exact) mass is 498 g/mol. The van der Waals surface area contributed by atoms with Crippen LogP contribution in [0.15, 0.2) is 59.1 Å². The lowest BCUT2D eigenvalue weighted by atomic mass is 10.1. The van der Waals surface area contributed by atoms with Crippen molar-refractivity contribution >= 4 is 28.4 Å². The minimum atomic E-state index is -0.208. The van der Waals surface area contributed by atoms with E-state index in [-0.39, 0.29) is 17.8 Å². The topological polar surface area (TPSA) is 121 Å². The number of hydrogen-bond donors (Lipinski definition) is 2. The zero-order valence-electron chi connectivity index (χ0n) is 20.5. The number of aromatic nitrogens is 1. The van der Waals surface area contributed by atoms with Crippen molar-refractivity contribution in [3.63, 3.8) is 0 Å². The number of fused-ring (bicyclic) bond motifs is 1. The molecule has 0 bridgehead atoms. The fourth-order valence-electron chi connectivity index (χ4n) is 4.23. The van der Waals surface area contributed by atoms with Crippen LogP contribution in [0.5, 0.6) is 11.5 Å². The van der Waals surface area contributed by atoms with E-state index in [1.165, 1.54) is 11.0 Å². The van der Waals surface area contributed by atoms with Crippen molar-refractivity contribution in [2.45, 2.75) is 18.9 Å². The third kappa shape index (κ3) is 5.06. The van der Waals surface area contributed by atoms with E-state index in [1.54, 1.807) is 56.7 Å². The summed E-state index contributed by atoms with van der Waals surface area (Å²) >= 11 is 0. The molecule has 0 saturated carbocycles. The number of anilines is 2. The summed E-state index contributed by atoms with van der Waals surface area (Å²) in [6.07, 6.45) is 3.28. The number of aromatic hydroxyl groups is 1. The van der Waals surface area contributed by atoms with Crippen LogP contribution in [0.2, 0.25) is 0 Å². The molecule has 0 aliphatic carbocycles. The molecule has 0 unspecified atom stereocenters. The van der Waals surface area contributed by atoms with Crippen molar-refractivity contribution in [2.75, 3.05) is 32.6 Å². The van der Waals surface area contributed by atoms with Gasteiger partial charge in [-0.15, -0.1) is 0 Å². The average molecular weight is 499 g/mol. The lowest BCUT2D eigenvalue weighted by molar-refractivity contribution is 0.0254. The molecule has 4 aromatic rings. The first-order valence-corrected chi connectivity index (χ1v) is 11.9. The molecule has 0 radical (unpaired) electrons. The van der Waals surface area contributed by atoms with Gasteiger partial charge in [-0.05, 0) is 42.5 Å². The molecule has 1 amide bonds. The Morgan fingerprint density at radius 1 is 1.16 bits per heavy atom. The van der Waals surface area contributed by atoms with Gasteiger partial charge in [-0.25, -0.2) is 0 Å². The number of phenols is 1. The van der Waals surface area contributed by atoms with Gasteiger partial charge in [0.05, 0.1) is 30.0 Å². The lowest BCUT2D eigenvalue weighted by Crippen LogP contribution is -2.26. The Balaban J connectivity index is 1.41. The number of hydrogen-bond acceptors (Lipinski definition) is 8. The molecule has 1 aliphatic rings. The lowest BCUT2D eigenvalue weighted by Gasteiger charge is -2.24. The number of phenolic OH excluding ortho intramolecular Hbond substituents is 1. The first-order chi connectivity index (χ1) is 17.9. The van der Waals surface area contributed by atoms with Crippen molar-refractivity contribution < 1.29 is 23.8 Å². The van der Waals surface area contributed by atoms with Crippen LogP contribution >= 0.6 is 0 Å². The molecule has 0 spiro atoms. The molecule has 188 valence electrons. The zero-order chi connectivity index (χ0) is 25.9. The highest BCUT2D eigenvalue weighted by atomic mass is 16.5. The predicted molar refractivity (Wildman–Crippen MR) is 138 cm³/mol. The van der Waals surface area contributed by atoms with Crippen LogP contribution in [0.1, 0.15) is 28.8 Å². The molecule has 9 heteroatoms. The maximum Gasteiger partial charge on any atom is 0.253 e. The van der Waals surface area contributed by atoms with Gasteiger partial charge in [-0.1, -0.05) is 0 Å². The number of nitrogens with zero attached hydrogens (tertiary/aromatic N) is 3. The van der Waals surface area contributed by atoms with E-state index in [2.05, 4.69) is 16.4 Å². The number of furan rings is 1. The van der Waals surface area contributed by atoms with Crippen molar-refractivity contribution in [2.24, 2.45) is 0 Å². The van der Waals surface area contributed by atoms with Crippen LogP contribution in [0, 0.1) is 11.3 Å². The van der Waals surface area contributed by atoms with Crippen molar-refractivity contribution in [3.05, 3.63) is 65.9 Å². The summed E-state index contributed by atoms with van der Waals surface area (Å²) in [6, 6.07) is 15.8. The molecule has 1 fully saturated rings. The van der Waals surface area contributed by atoms with E-state index >= 15 is 0 Å². The normalized spacial score (nSPS) is 13.8. The number of benzene rings is 2. The number of carbonyl (C=O) groups is 1. The molecule has 2 N–H and O–H groups in total. The highest BCUT2D eigenvalue weighted by Crippen LogP contribution is 2.37. The molecule has 2 aromatic carbocycles. The molecule has 1 saturated heterocycles. The number of carbonyl (C=O) groups excluding carboxylic acids is 1. The summed E-state index contributed by atoms with van der Waals surface area (Å²) in [5.74, 6) is 0.684. The quantitative estimate of drug-likeness (QED) is 0.378.